The second-order valence-corrected chi connectivity index (χ2v) is 2.92. The van der Waals surface area contributed by atoms with Gasteiger partial charge in [-0.2, -0.15) is 0 Å². The van der Waals surface area contributed by atoms with Crippen LogP contribution in [0.4, 0.5) is 8.78 Å². The molecular weight excluding hydrogens is 246 g/mol. The monoisotopic (exact) mass is 250 g/mol. The summed E-state index contributed by atoms with van der Waals surface area (Å²) in [6.45, 7) is 0. The Bertz CT molecular complexity index is 352. The average molecular weight is 251 g/mol. The molecule has 0 aliphatic rings. The minimum absolute atomic E-state index is 0.0880. The number of carboxylic acid groups (broad SMARTS) is 1. The topological polar surface area (TPSA) is 37.3 Å². The molecule has 0 radical (unpaired) electrons. The maximum Gasteiger partial charge on any atom is 0.339 e. The standard InChI is InChI=1S/C8H5BrF2O2/c9-3-4-1-5(10)2-6(11)7(4)8(12)13/h1-2H,3H2,(H,12,13). The molecule has 0 spiro atoms. The molecule has 0 aliphatic heterocycles. The quantitative estimate of drug-likeness (QED) is 0.820. The number of hydrogen-bond acceptors (Lipinski definition) is 1. The first-order chi connectivity index (χ1) is 6.06. The van der Waals surface area contributed by atoms with E-state index in [1.807, 2.05) is 0 Å². The lowest BCUT2D eigenvalue weighted by molar-refractivity contribution is 0.0691. The predicted octanol–water partition coefficient (Wildman–Crippen LogP) is 2.56. The van der Waals surface area contributed by atoms with Crippen LogP contribution in [-0.2, 0) is 5.33 Å². The molecule has 13 heavy (non-hydrogen) atoms. The van der Waals surface area contributed by atoms with Crippen molar-refractivity contribution in [2.75, 3.05) is 0 Å². The van der Waals surface area contributed by atoms with E-state index in [1.165, 1.54) is 0 Å². The summed E-state index contributed by atoms with van der Waals surface area (Å²) in [7, 11) is 0. The molecule has 2 nitrogen and oxygen atoms in total. The van der Waals surface area contributed by atoms with Crippen LogP contribution in [0.2, 0.25) is 0 Å². The fraction of sp³-hybridized carbons (Fsp3) is 0.125. The van der Waals surface area contributed by atoms with E-state index in [9.17, 15) is 13.6 Å². The Morgan fingerprint density at radius 2 is 2.08 bits per heavy atom. The average Bonchev–Trinajstić information content (AvgIpc) is 2.01. The molecule has 5 heteroatoms. The largest absolute Gasteiger partial charge is 0.478 e. The molecule has 0 aliphatic carbocycles. The summed E-state index contributed by atoms with van der Waals surface area (Å²) in [6.07, 6.45) is 0. The van der Waals surface area contributed by atoms with Gasteiger partial charge in [0.1, 0.15) is 11.6 Å². The van der Waals surface area contributed by atoms with Gasteiger partial charge in [-0.1, -0.05) is 15.9 Å². The smallest absolute Gasteiger partial charge is 0.339 e. The van der Waals surface area contributed by atoms with E-state index < -0.39 is 23.2 Å². The third-order valence-corrected chi connectivity index (χ3v) is 2.10. The van der Waals surface area contributed by atoms with Gasteiger partial charge in [-0.3, -0.25) is 0 Å². The van der Waals surface area contributed by atoms with Crippen molar-refractivity contribution in [3.8, 4) is 0 Å². The first-order valence-corrected chi connectivity index (χ1v) is 4.45. The Kier molecular flexibility index (Phi) is 2.98. The van der Waals surface area contributed by atoms with Gasteiger partial charge in [-0.05, 0) is 11.6 Å². The third-order valence-electron chi connectivity index (χ3n) is 1.49. The highest BCUT2D eigenvalue weighted by atomic mass is 79.9. The first-order valence-electron chi connectivity index (χ1n) is 3.33. The molecule has 0 saturated heterocycles. The molecule has 0 amide bonds. The number of aromatic carboxylic acids is 1. The number of halogens is 3. The fourth-order valence-electron chi connectivity index (χ4n) is 0.972. The molecule has 1 rings (SSSR count). The molecule has 0 saturated carbocycles. The van der Waals surface area contributed by atoms with Crippen molar-refractivity contribution >= 4 is 21.9 Å². The zero-order valence-corrected chi connectivity index (χ0v) is 7.94. The van der Waals surface area contributed by atoms with Crippen LogP contribution in [0.5, 0.6) is 0 Å². The highest BCUT2D eigenvalue weighted by molar-refractivity contribution is 9.08. The second kappa shape index (κ2) is 3.83. The summed E-state index contributed by atoms with van der Waals surface area (Å²) in [6, 6.07) is 1.54. The van der Waals surface area contributed by atoms with Crippen molar-refractivity contribution in [3.05, 3.63) is 34.9 Å². The van der Waals surface area contributed by atoms with Crippen molar-refractivity contribution in [2.24, 2.45) is 0 Å². The van der Waals surface area contributed by atoms with E-state index in [0.29, 0.717) is 6.07 Å². The normalized spacial score (nSPS) is 10.1. The highest BCUT2D eigenvalue weighted by Crippen LogP contribution is 2.18. The molecule has 0 unspecified atom stereocenters. The number of rotatable bonds is 2. The van der Waals surface area contributed by atoms with E-state index in [2.05, 4.69) is 15.9 Å². The fourth-order valence-corrected chi connectivity index (χ4v) is 1.41. The van der Waals surface area contributed by atoms with Crippen molar-refractivity contribution < 1.29 is 18.7 Å². The Morgan fingerprint density at radius 3 is 2.54 bits per heavy atom. The van der Waals surface area contributed by atoms with Gasteiger partial charge in [0.15, 0.2) is 0 Å². The molecule has 0 aromatic heterocycles. The summed E-state index contributed by atoms with van der Waals surface area (Å²) in [4.78, 5) is 10.5. The number of hydrogen-bond donors (Lipinski definition) is 1. The van der Waals surface area contributed by atoms with Crippen LogP contribution in [0.3, 0.4) is 0 Å². The lowest BCUT2D eigenvalue weighted by atomic mass is 10.1. The SMILES string of the molecule is O=C(O)c1c(F)cc(F)cc1CBr. The molecule has 0 heterocycles. The van der Waals surface area contributed by atoms with E-state index in [-0.39, 0.29) is 10.9 Å². The van der Waals surface area contributed by atoms with Gasteiger partial charge in [0, 0.05) is 11.4 Å². The van der Waals surface area contributed by atoms with Gasteiger partial charge in [-0.25, -0.2) is 13.6 Å². The summed E-state index contributed by atoms with van der Waals surface area (Å²) in [5.41, 5.74) is -0.400. The van der Waals surface area contributed by atoms with Crippen LogP contribution in [-0.4, -0.2) is 11.1 Å². The van der Waals surface area contributed by atoms with Gasteiger partial charge >= 0.3 is 5.97 Å². The van der Waals surface area contributed by atoms with E-state index >= 15 is 0 Å². The van der Waals surface area contributed by atoms with Gasteiger partial charge in [0.2, 0.25) is 0 Å². The van der Waals surface area contributed by atoms with E-state index in [0.717, 1.165) is 6.07 Å². The van der Waals surface area contributed by atoms with Gasteiger partial charge in [-0.15, -0.1) is 0 Å². The lowest BCUT2D eigenvalue weighted by Gasteiger charge is -2.03. The molecule has 1 aromatic carbocycles. The first kappa shape index (κ1) is 10.1. The van der Waals surface area contributed by atoms with Crippen LogP contribution >= 0.6 is 15.9 Å². The molecule has 1 aromatic rings. The maximum atomic E-state index is 12.9. The maximum absolute atomic E-state index is 12.9. The van der Waals surface area contributed by atoms with Crippen molar-refractivity contribution in [1.82, 2.24) is 0 Å². The summed E-state index contributed by atoms with van der Waals surface area (Å²) >= 11 is 2.95. The van der Waals surface area contributed by atoms with Gasteiger partial charge < -0.3 is 5.11 Å². The van der Waals surface area contributed by atoms with Crippen LogP contribution in [0.1, 0.15) is 15.9 Å². The molecular formula is C8H5BrF2O2. The van der Waals surface area contributed by atoms with Gasteiger partial charge in [0.25, 0.3) is 0 Å². The number of benzene rings is 1. The van der Waals surface area contributed by atoms with Crippen molar-refractivity contribution in [3.63, 3.8) is 0 Å². The zero-order chi connectivity index (χ0) is 10.0. The Hall–Kier alpha value is -0.970. The zero-order valence-electron chi connectivity index (χ0n) is 6.35. The van der Waals surface area contributed by atoms with Crippen LogP contribution in [0.25, 0.3) is 0 Å². The highest BCUT2D eigenvalue weighted by Gasteiger charge is 2.16. The Morgan fingerprint density at radius 1 is 1.46 bits per heavy atom. The van der Waals surface area contributed by atoms with E-state index in [1.54, 1.807) is 0 Å². The van der Waals surface area contributed by atoms with Crippen LogP contribution < -0.4 is 0 Å². The van der Waals surface area contributed by atoms with Crippen molar-refractivity contribution in [1.29, 1.82) is 0 Å². The molecule has 0 fully saturated rings. The Balaban J connectivity index is 3.38. The molecule has 1 N–H and O–H groups in total. The number of carboxylic acids is 1. The third kappa shape index (κ3) is 2.03. The van der Waals surface area contributed by atoms with Crippen LogP contribution in [0.15, 0.2) is 12.1 Å². The number of carbonyl (C=O) groups is 1. The molecule has 0 bridgehead atoms. The lowest BCUT2D eigenvalue weighted by Crippen LogP contribution is -2.05. The van der Waals surface area contributed by atoms with Crippen LogP contribution in [0, 0.1) is 11.6 Å². The molecule has 0 atom stereocenters. The van der Waals surface area contributed by atoms with Crippen molar-refractivity contribution in [2.45, 2.75) is 5.33 Å². The minimum Gasteiger partial charge on any atom is -0.478 e. The summed E-state index contributed by atoms with van der Waals surface area (Å²) < 4.78 is 25.5. The summed E-state index contributed by atoms with van der Waals surface area (Å²) in [5.74, 6) is -3.23. The van der Waals surface area contributed by atoms with E-state index in [4.69, 9.17) is 5.11 Å². The summed E-state index contributed by atoms with van der Waals surface area (Å²) in [5, 5.41) is 8.69. The van der Waals surface area contributed by atoms with Gasteiger partial charge in [0.05, 0.1) is 5.56 Å². The minimum atomic E-state index is -1.40. The molecule has 70 valence electrons. The Labute approximate surface area is 81.3 Å². The predicted molar refractivity (Wildman–Crippen MR) is 45.9 cm³/mol. The second-order valence-electron chi connectivity index (χ2n) is 2.36. The number of alkyl halides is 1.